The molecule has 0 unspecified atom stereocenters. The fraction of sp³-hybridized carbons (Fsp3) is 0.417. The van der Waals surface area contributed by atoms with Gasteiger partial charge in [0.2, 0.25) is 11.8 Å². The van der Waals surface area contributed by atoms with Crippen LogP contribution in [0.15, 0.2) is 54.6 Å². The number of hydrogen-bond donors (Lipinski definition) is 1. The van der Waals surface area contributed by atoms with Gasteiger partial charge < -0.3 is 10.2 Å². The van der Waals surface area contributed by atoms with Gasteiger partial charge in [-0.15, -0.1) is 0 Å². The van der Waals surface area contributed by atoms with E-state index < -0.39 is 6.04 Å². The number of carbonyl (C=O) groups is 2. The molecule has 0 radical (unpaired) electrons. The number of benzene rings is 2. The summed E-state index contributed by atoms with van der Waals surface area (Å²) in [6.45, 7) is 8.42. The largest absolute Gasteiger partial charge is 0.352 e. The summed E-state index contributed by atoms with van der Waals surface area (Å²) >= 11 is 0. The molecule has 2 aromatic carbocycles. The fourth-order valence-electron chi connectivity index (χ4n) is 3.21. The lowest BCUT2D eigenvalue weighted by Gasteiger charge is -2.31. The molecule has 150 valence electrons. The van der Waals surface area contributed by atoms with Crippen LogP contribution in [0.3, 0.4) is 0 Å². The van der Waals surface area contributed by atoms with E-state index >= 15 is 0 Å². The van der Waals surface area contributed by atoms with Gasteiger partial charge in [0.05, 0.1) is 6.42 Å². The summed E-state index contributed by atoms with van der Waals surface area (Å²) in [6.07, 6.45) is 1.74. The molecule has 0 aliphatic carbocycles. The summed E-state index contributed by atoms with van der Waals surface area (Å²) in [7, 11) is 0. The molecular formula is C24H32N2O2. The Kier molecular flexibility index (Phi) is 8.24. The fourth-order valence-corrected chi connectivity index (χ4v) is 3.21. The predicted molar refractivity (Wildman–Crippen MR) is 114 cm³/mol. The molecule has 2 rings (SSSR count). The van der Waals surface area contributed by atoms with Crippen LogP contribution in [0.2, 0.25) is 0 Å². The molecule has 0 aliphatic rings. The number of nitrogens with one attached hydrogen (secondary N) is 1. The van der Waals surface area contributed by atoms with Crippen molar-refractivity contribution in [1.82, 2.24) is 10.2 Å². The zero-order chi connectivity index (χ0) is 20.5. The first-order valence-corrected chi connectivity index (χ1v) is 10.1. The molecule has 2 aromatic rings. The molecule has 2 amide bonds. The maximum Gasteiger partial charge on any atom is 0.243 e. The molecule has 0 fully saturated rings. The maximum absolute atomic E-state index is 13.3. The molecule has 0 bridgehead atoms. The summed E-state index contributed by atoms with van der Waals surface area (Å²) in [5, 5.41) is 3.04. The van der Waals surface area contributed by atoms with Gasteiger partial charge in [0.15, 0.2) is 0 Å². The molecule has 0 aromatic heterocycles. The van der Waals surface area contributed by atoms with Gasteiger partial charge in [0.1, 0.15) is 6.04 Å². The Morgan fingerprint density at radius 2 is 1.61 bits per heavy atom. The molecule has 4 heteroatoms. The third-order valence-corrected chi connectivity index (χ3v) is 5.19. The van der Waals surface area contributed by atoms with Crippen LogP contribution in [0.4, 0.5) is 0 Å². The van der Waals surface area contributed by atoms with Crippen LogP contribution < -0.4 is 5.32 Å². The van der Waals surface area contributed by atoms with Crippen molar-refractivity contribution in [2.45, 2.75) is 65.6 Å². The second-order valence-electron chi connectivity index (χ2n) is 7.35. The molecule has 0 aliphatic heterocycles. The molecule has 4 nitrogen and oxygen atoms in total. The van der Waals surface area contributed by atoms with Crippen molar-refractivity contribution in [3.8, 4) is 0 Å². The lowest BCUT2D eigenvalue weighted by Crippen LogP contribution is -2.51. The molecular weight excluding hydrogens is 348 g/mol. The molecule has 0 saturated heterocycles. The Labute approximate surface area is 169 Å². The van der Waals surface area contributed by atoms with Crippen LogP contribution in [-0.2, 0) is 22.6 Å². The van der Waals surface area contributed by atoms with E-state index in [0.29, 0.717) is 19.4 Å². The van der Waals surface area contributed by atoms with Gasteiger partial charge in [-0.2, -0.15) is 0 Å². The Bertz CT molecular complexity index is 773. The van der Waals surface area contributed by atoms with Crippen LogP contribution in [0, 0.1) is 6.92 Å². The molecule has 1 N–H and O–H groups in total. The van der Waals surface area contributed by atoms with Crippen molar-refractivity contribution in [2.75, 3.05) is 0 Å². The highest BCUT2D eigenvalue weighted by molar-refractivity contribution is 5.88. The van der Waals surface area contributed by atoms with E-state index in [2.05, 4.69) is 5.32 Å². The van der Waals surface area contributed by atoms with E-state index in [4.69, 9.17) is 0 Å². The summed E-state index contributed by atoms with van der Waals surface area (Å²) < 4.78 is 0. The zero-order valence-electron chi connectivity index (χ0n) is 17.4. The van der Waals surface area contributed by atoms with E-state index in [1.165, 1.54) is 0 Å². The smallest absolute Gasteiger partial charge is 0.243 e. The van der Waals surface area contributed by atoms with Gasteiger partial charge >= 0.3 is 0 Å². The van der Waals surface area contributed by atoms with Gasteiger partial charge in [-0.25, -0.2) is 0 Å². The van der Waals surface area contributed by atoms with Gasteiger partial charge in [0.25, 0.3) is 0 Å². The van der Waals surface area contributed by atoms with E-state index in [0.717, 1.165) is 23.1 Å². The van der Waals surface area contributed by atoms with E-state index in [1.54, 1.807) is 4.90 Å². The first-order chi connectivity index (χ1) is 13.5. The van der Waals surface area contributed by atoms with Gasteiger partial charge in [-0.05, 0) is 43.4 Å². The highest BCUT2D eigenvalue weighted by atomic mass is 16.2. The SMILES string of the molecule is CC[C@@H](C)NC(=O)[C@H](CC)N(Cc1ccccc1)C(=O)Cc1ccccc1C. The van der Waals surface area contributed by atoms with Gasteiger partial charge in [0, 0.05) is 12.6 Å². The van der Waals surface area contributed by atoms with Crippen molar-refractivity contribution in [3.63, 3.8) is 0 Å². The number of hydrogen-bond acceptors (Lipinski definition) is 2. The van der Waals surface area contributed by atoms with Crippen molar-refractivity contribution in [2.24, 2.45) is 0 Å². The van der Waals surface area contributed by atoms with Gasteiger partial charge in [-0.3, -0.25) is 9.59 Å². The summed E-state index contributed by atoms with van der Waals surface area (Å²) in [5.74, 6) is -0.102. The standard InChI is InChI=1S/C24H32N2O2/c1-5-19(4)25-24(28)22(6-2)26(17-20-13-8-7-9-14-20)23(27)16-21-15-11-10-12-18(21)3/h7-15,19,22H,5-6,16-17H2,1-4H3,(H,25,28)/t19-,22+/m1/s1. The van der Waals surface area contributed by atoms with Crippen molar-refractivity contribution >= 4 is 11.8 Å². The number of rotatable bonds is 9. The molecule has 28 heavy (non-hydrogen) atoms. The Morgan fingerprint density at radius 1 is 0.964 bits per heavy atom. The average molecular weight is 381 g/mol. The lowest BCUT2D eigenvalue weighted by atomic mass is 10.0. The van der Waals surface area contributed by atoms with Crippen LogP contribution in [-0.4, -0.2) is 28.8 Å². The average Bonchev–Trinajstić information content (AvgIpc) is 2.70. The van der Waals surface area contributed by atoms with Crippen LogP contribution in [0.5, 0.6) is 0 Å². The molecule has 2 atom stereocenters. The minimum atomic E-state index is -0.481. The summed E-state index contributed by atoms with van der Waals surface area (Å²) in [4.78, 5) is 27.9. The normalized spacial score (nSPS) is 12.9. The third kappa shape index (κ3) is 5.95. The Hall–Kier alpha value is -2.62. The van der Waals surface area contributed by atoms with E-state index in [1.807, 2.05) is 82.3 Å². The zero-order valence-corrected chi connectivity index (χ0v) is 17.4. The quantitative estimate of drug-likeness (QED) is 0.707. The number of amides is 2. The second-order valence-corrected chi connectivity index (χ2v) is 7.35. The van der Waals surface area contributed by atoms with Crippen LogP contribution >= 0.6 is 0 Å². The Morgan fingerprint density at radius 3 is 2.21 bits per heavy atom. The number of aryl methyl sites for hydroxylation is 1. The minimum absolute atomic E-state index is 0.0238. The first-order valence-electron chi connectivity index (χ1n) is 10.1. The van der Waals surface area contributed by atoms with E-state index in [-0.39, 0.29) is 17.9 Å². The van der Waals surface area contributed by atoms with Crippen molar-refractivity contribution in [3.05, 3.63) is 71.3 Å². The topological polar surface area (TPSA) is 49.4 Å². The molecule has 0 saturated carbocycles. The van der Waals surface area contributed by atoms with Crippen LogP contribution in [0.1, 0.15) is 50.3 Å². The van der Waals surface area contributed by atoms with Crippen LogP contribution in [0.25, 0.3) is 0 Å². The Balaban J connectivity index is 2.27. The minimum Gasteiger partial charge on any atom is -0.352 e. The summed E-state index contributed by atoms with van der Waals surface area (Å²) in [6, 6.07) is 17.4. The van der Waals surface area contributed by atoms with Crippen molar-refractivity contribution < 1.29 is 9.59 Å². The van der Waals surface area contributed by atoms with E-state index in [9.17, 15) is 9.59 Å². The highest BCUT2D eigenvalue weighted by Crippen LogP contribution is 2.16. The predicted octanol–water partition coefficient (Wildman–Crippen LogP) is 4.26. The monoisotopic (exact) mass is 380 g/mol. The van der Waals surface area contributed by atoms with Crippen molar-refractivity contribution in [1.29, 1.82) is 0 Å². The number of nitrogens with zero attached hydrogens (tertiary/aromatic N) is 1. The highest BCUT2D eigenvalue weighted by Gasteiger charge is 2.29. The molecule has 0 spiro atoms. The third-order valence-electron chi connectivity index (χ3n) is 5.19. The molecule has 0 heterocycles. The number of carbonyl (C=O) groups excluding carboxylic acids is 2. The van der Waals surface area contributed by atoms with Gasteiger partial charge in [-0.1, -0.05) is 68.4 Å². The maximum atomic E-state index is 13.3. The lowest BCUT2D eigenvalue weighted by molar-refractivity contribution is -0.141. The first kappa shape index (κ1) is 21.7. The second kappa shape index (κ2) is 10.6. The summed E-state index contributed by atoms with van der Waals surface area (Å²) in [5.41, 5.74) is 3.12.